The molecule has 3 aliphatic rings. The fraction of sp³-hybridized carbons (Fsp3) is 0.923. The molecule has 0 aromatic heterocycles. The third-order valence-electron chi connectivity index (χ3n) is 4.74. The van der Waals surface area contributed by atoms with Gasteiger partial charge in [0.2, 0.25) is 0 Å². The monoisotopic (exact) mass is 208 g/mol. The number of fused-ring (bicyclic) bond motifs is 3. The van der Waals surface area contributed by atoms with Crippen molar-refractivity contribution in [3.05, 3.63) is 0 Å². The van der Waals surface area contributed by atoms with Crippen LogP contribution in [0.1, 0.15) is 27.7 Å². The first-order valence-electron chi connectivity index (χ1n) is 6.31. The molecule has 0 N–H and O–H groups in total. The second-order valence-electron chi connectivity index (χ2n) is 6.06. The van der Waals surface area contributed by atoms with Crippen molar-refractivity contribution in [3.8, 4) is 0 Å². The van der Waals surface area contributed by atoms with Gasteiger partial charge in [0, 0.05) is 0 Å². The van der Waals surface area contributed by atoms with Gasteiger partial charge in [-0.1, -0.05) is 13.8 Å². The van der Waals surface area contributed by atoms with Gasteiger partial charge in [0.15, 0.2) is 11.8 Å². The minimum atomic E-state index is 0.514. The average Bonchev–Trinajstić information content (AvgIpc) is 2.50. The molecule has 0 aromatic carbocycles. The molecule has 1 aliphatic carbocycles. The van der Waals surface area contributed by atoms with Gasteiger partial charge in [-0.05, 0) is 19.8 Å². The van der Waals surface area contributed by atoms with E-state index in [2.05, 4.69) is 38.5 Å². The number of nitrogens with zero attached hydrogens (tertiary/aromatic N) is 1. The molecule has 0 amide bonds. The molecule has 3 rings (SSSR count). The van der Waals surface area contributed by atoms with Gasteiger partial charge in [0.1, 0.15) is 12.0 Å². The summed E-state index contributed by atoms with van der Waals surface area (Å²) in [5.74, 6) is 3.25. The topological polar surface area (TPSA) is 12.2 Å². The first-order valence-corrected chi connectivity index (χ1v) is 6.31. The Kier molecular flexibility index (Phi) is 1.87. The van der Waals surface area contributed by atoms with E-state index < -0.39 is 0 Å². The Hall–Kier alpha value is -0.370. The van der Waals surface area contributed by atoms with Gasteiger partial charge < -0.3 is 4.74 Å². The van der Waals surface area contributed by atoms with Crippen LogP contribution in [0.2, 0.25) is 0 Å². The Morgan fingerprint density at radius 3 is 2.27 bits per heavy atom. The summed E-state index contributed by atoms with van der Waals surface area (Å²) in [5, 5.41) is 0. The number of hydrogen-bond donors (Lipinski definition) is 0. The van der Waals surface area contributed by atoms with Gasteiger partial charge in [0.05, 0.1) is 25.0 Å². The molecule has 0 bridgehead atoms. The largest absolute Gasteiger partial charge is 0.380 e. The maximum Gasteiger partial charge on any atom is 0.185 e. The van der Waals surface area contributed by atoms with Gasteiger partial charge in [-0.25, -0.2) is 4.58 Å². The molecule has 2 heteroatoms. The van der Waals surface area contributed by atoms with Gasteiger partial charge >= 0.3 is 0 Å². The molecule has 1 saturated heterocycles. The van der Waals surface area contributed by atoms with Crippen LogP contribution in [0.5, 0.6) is 0 Å². The van der Waals surface area contributed by atoms with Crippen LogP contribution >= 0.6 is 0 Å². The predicted molar refractivity (Wildman–Crippen MR) is 60.3 cm³/mol. The van der Waals surface area contributed by atoms with Crippen LogP contribution in [0.4, 0.5) is 0 Å². The lowest BCUT2D eigenvalue weighted by Gasteiger charge is -2.37. The van der Waals surface area contributed by atoms with Crippen molar-refractivity contribution in [2.75, 3.05) is 13.2 Å². The Morgan fingerprint density at radius 1 is 1.20 bits per heavy atom. The highest BCUT2D eigenvalue weighted by atomic mass is 16.5. The first kappa shape index (κ1) is 9.83. The molecule has 2 nitrogen and oxygen atoms in total. The Bertz CT molecular complexity index is 308. The smallest absolute Gasteiger partial charge is 0.185 e. The van der Waals surface area contributed by atoms with Crippen LogP contribution in [0.3, 0.4) is 0 Å². The quantitative estimate of drug-likeness (QED) is 0.630. The molecule has 2 fully saturated rings. The summed E-state index contributed by atoms with van der Waals surface area (Å²) in [4.78, 5) is 0. The van der Waals surface area contributed by atoms with E-state index in [1.165, 1.54) is 0 Å². The van der Waals surface area contributed by atoms with Gasteiger partial charge in [-0.2, -0.15) is 0 Å². The molecule has 15 heavy (non-hydrogen) atoms. The highest BCUT2D eigenvalue weighted by Gasteiger charge is 2.83. The van der Waals surface area contributed by atoms with E-state index in [0.717, 1.165) is 36.9 Å². The molecular formula is C13H22NO+. The zero-order valence-corrected chi connectivity index (χ0v) is 10.2. The van der Waals surface area contributed by atoms with Gasteiger partial charge in [0.25, 0.3) is 0 Å². The minimum absolute atomic E-state index is 0.514. The summed E-state index contributed by atoms with van der Waals surface area (Å²) >= 11 is 0. The van der Waals surface area contributed by atoms with Crippen molar-refractivity contribution >= 4 is 6.21 Å². The Morgan fingerprint density at radius 2 is 1.80 bits per heavy atom. The fourth-order valence-corrected chi connectivity index (χ4v) is 4.08. The lowest BCUT2D eigenvalue weighted by molar-refractivity contribution is -0.650. The molecule has 0 radical (unpaired) electrons. The van der Waals surface area contributed by atoms with E-state index in [1.54, 1.807) is 0 Å². The summed E-state index contributed by atoms with van der Waals surface area (Å²) in [6, 6.07) is 0.658. The highest BCUT2D eigenvalue weighted by molar-refractivity contribution is 5.66. The number of ether oxygens (including phenoxy) is 1. The third-order valence-corrected chi connectivity index (χ3v) is 4.74. The van der Waals surface area contributed by atoms with Crippen LogP contribution in [0.15, 0.2) is 0 Å². The Balaban J connectivity index is 1.91. The van der Waals surface area contributed by atoms with Gasteiger partial charge in [-0.3, -0.25) is 0 Å². The third kappa shape index (κ3) is 0.968. The lowest BCUT2D eigenvalue weighted by atomic mass is 9.78. The van der Waals surface area contributed by atoms with Crippen LogP contribution in [0.25, 0.3) is 0 Å². The van der Waals surface area contributed by atoms with Crippen molar-refractivity contribution < 1.29 is 9.31 Å². The second-order valence-corrected chi connectivity index (χ2v) is 6.06. The molecule has 0 aromatic rings. The minimum Gasteiger partial charge on any atom is -0.380 e. The standard InChI is InChI=1S/C13H22NO/c1-8(2)10-5-14(9(3)4)13(10)11-6-15-7-12(11)13/h5,8-12H,6-7H2,1-4H3/q+1. The zero-order valence-electron chi connectivity index (χ0n) is 10.2. The summed E-state index contributed by atoms with van der Waals surface area (Å²) in [6.45, 7) is 11.3. The van der Waals surface area contributed by atoms with Crippen LogP contribution in [-0.4, -0.2) is 35.6 Å². The van der Waals surface area contributed by atoms with E-state index >= 15 is 0 Å². The lowest BCUT2D eigenvalue weighted by Crippen LogP contribution is -2.57. The summed E-state index contributed by atoms with van der Waals surface area (Å²) < 4.78 is 8.17. The molecule has 1 spiro atoms. The zero-order chi connectivity index (χ0) is 10.8. The maximum atomic E-state index is 5.55. The van der Waals surface area contributed by atoms with E-state index in [0.29, 0.717) is 11.6 Å². The average molecular weight is 208 g/mol. The molecular weight excluding hydrogens is 186 g/mol. The van der Waals surface area contributed by atoms with E-state index in [1.807, 2.05) is 0 Å². The van der Waals surface area contributed by atoms with Crippen molar-refractivity contribution in [2.45, 2.75) is 39.3 Å². The van der Waals surface area contributed by atoms with Crippen LogP contribution in [-0.2, 0) is 4.74 Å². The van der Waals surface area contributed by atoms with Crippen LogP contribution < -0.4 is 0 Å². The second kappa shape index (κ2) is 2.85. The normalized spacial score (nSPS) is 47.1. The fourth-order valence-electron chi connectivity index (χ4n) is 4.08. The van der Waals surface area contributed by atoms with Gasteiger partial charge in [-0.15, -0.1) is 0 Å². The van der Waals surface area contributed by atoms with Crippen molar-refractivity contribution in [3.63, 3.8) is 0 Å². The molecule has 2 heterocycles. The SMILES string of the molecule is CC(C)C1C=[N+](C(C)C)C12C1COCC12. The maximum absolute atomic E-state index is 5.55. The summed E-state index contributed by atoms with van der Waals surface area (Å²) in [6.07, 6.45) is 2.48. The molecule has 1 saturated carbocycles. The Labute approximate surface area is 92.3 Å². The molecule has 3 atom stereocenters. The van der Waals surface area contributed by atoms with Crippen molar-refractivity contribution in [1.82, 2.24) is 0 Å². The van der Waals surface area contributed by atoms with E-state index in [9.17, 15) is 0 Å². The van der Waals surface area contributed by atoms with Crippen LogP contribution in [0, 0.1) is 23.7 Å². The molecule has 3 unspecified atom stereocenters. The summed E-state index contributed by atoms with van der Waals surface area (Å²) in [5.41, 5.74) is 0.514. The predicted octanol–water partition coefficient (Wildman–Crippen LogP) is 1.78. The molecule has 2 aliphatic heterocycles. The van der Waals surface area contributed by atoms with E-state index in [4.69, 9.17) is 4.74 Å². The van der Waals surface area contributed by atoms with Crippen molar-refractivity contribution in [2.24, 2.45) is 23.7 Å². The highest BCUT2D eigenvalue weighted by Crippen LogP contribution is 2.65. The number of hydrogen-bond acceptors (Lipinski definition) is 1. The van der Waals surface area contributed by atoms with E-state index in [-0.39, 0.29) is 0 Å². The first-order chi connectivity index (χ1) is 7.10. The molecule has 84 valence electrons. The summed E-state index contributed by atoms with van der Waals surface area (Å²) in [7, 11) is 0. The number of rotatable bonds is 2. The van der Waals surface area contributed by atoms with Crippen molar-refractivity contribution in [1.29, 1.82) is 0 Å².